The van der Waals surface area contributed by atoms with Gasteiger partial charge < -0.3 is 10.2 Å². The summed E-state index contributed by atoms with van der Waals surface area (Å²) in [6.45, 7) is 4.36. The van der Waals surface area contributed by atoms with Crippen molar-refractivity contribution in [3.63, 3.8) is 0 Å². The third kappa shape index (κ3) is 3.12. The van der Waals surface area contributed by atoms with E-state index in [-0.39, 0.29) is 24.3 Å². The Morgan fingerprint density at radius 3 is 2.84 bits per heavy atom. The van der Waals surface area contributed by atoms with Gasteiger partial charge in [0.15, 0.2) is 0 Å². The van der Waals surface area contributed by atoms with Crippen LogP contribution in [0.5, 0.6) is 0 Å². The van der Waals surface area contributed by atoms with Crippen molar-refractivity contribution in [2.45, 2.75) is 26.4 Å². The lowest BCUT2D eigenvalue weighted by atomic mass is 9.99. The van der Waals surface area contributed by atoms with E-state index < -0.39 is 6.04 Å². The number of halogens is 1. The molecule has 2 rings (SSSR count). The Hall–Kier alpha value is -1.43. The number of carbonyl (C=O) groups excluding carboxylic acids is 2. The van der Waals surface area contributed by atoms with Crippen molar-refractivity contribution in [3.8, 4) is 0 Å². The van der Waals surface area contributed by atoms with Crippen LogP contribution < -0.4 is 5.32 Å². The zero-order valence-corrected chi connectivity index (χ0v) is 12.5. The molecule has 0 aliphatic carbocycles. The summed E-state index contributed by atoms with van der Waals surface area (Å²) in [5.74, 6) is -0.0693. The van der Waals surface area contributed by atoms with Crippen LogP contribution in [0.4, 0.5) is 0 Å². The number of nitrogens with zero attached hydrogens (tertiary/aromatic N) is 2. The monoisotopic (exact) mass is 325 g/mol. The van der Waals surface area contributed by atoms with Crippen molar-refractivity contribution in [1.82, 2.24) is 15.2 Å². The van der Waals surface area contributed by atoms with Gasteiger partial charge in [-0.1, -0.05) is 13.8 Å². The van der Waals surface area contributed by atoms with Crippen LogP contribution in [0.2, 0.25) is 0 Å². The highest BCUT2D eigenvalue weighted by Gasteiger charge is 2.36. The third-order valence-electron chi connectivity index (χ3n) is 3.08. The largest absolute Gasteiger partial charge is 0.345 e. The summed E-state index contributed by atoms with van der Waals surface area (Å²) in [7, 11) is 0. The average Bonchev–Trinajstić information content (AvgIpc) is 2.33. The minimum absolute atomic E-state index is 0.0572. The zero-order chi connectivity index (χ0) is 14.0. The number of aromatic nitrogens is 1. The topological polar surface area (TPSA) is 62.3 Å². The summed E-state index contributed by atoms with van der Waals surface area (Å²) >= 11 is 3.35. The van der Waals surface area contributed by atoms with Gasteiger partial charge in [0.2, 0.25) is 11.8 Å². The smallest absolute Gasteiger partial charge is 0.243 e. The predicted molar refractivity (Wildman–Crippen MR) is 74.1 cm³/mol. The first-order valence-electron chi connectivity index (χ1n) is 6.15. The molecule has 5 nitrogen and oxygen atoms in total. The fraction of sp³-hybridized carbons (Fsp3) is 0.462. The second kappa shape index (κ2) is 5.69. The average molecular weight is 326 g/mol. The Labute approximate surface area is 120 Å². The summed E-state index contributed by atoms with van der Waals surface area (Å²) in [6.07, 6.45) is 3.40. The fourth-order valence-electron chi connectivity index (χ4n) is 2.25. The maximum atomic E-state index is 12.0. The number of amides is 2. The predicted octanol–water partition coefficient (Wildman–Crippen LogP) is 1.33. The molecule has 0 saturated carbocycles. The fourth-order valence-corrected chi connectivity index (χ4v) is 2.67. The second-order valence-electron chi connectivity index (χ2n) is 4.94. The van der Waals surface area contributed by atoms with E-state index in [1.807, 2.05) is 19.9 Å². The number of piperazine rings is 1. The third-order valence-corrected chi connectivity index (χ3v) is 3.52. The van der Waals surface area contributed by atoms with Gasteiger partial charge in [0.1, 0.15) is 6.04 Å². The molecule has 6 heteroatoms. The van der Waals surface area contributed by atoms with Crippen molar-refractivity contribution in [2.24, 2.45) is 5.92 Å². The highest BCUT2D eigenvalue weighted by Crippen LogP contribution is 2.19. The van der Waals surface area contributed by atoms with Crippen LogP contribution in [0.1, 0.15) is 19.4 Å². The van der Waals surface area contributed by atoms with E-state index in [4.69, 9.17) is 0 Å². The number of carbonyl (C=O) groups is 2. The molecule has 1 fully saturated rings. The van der Waals surface area contributed by atoms with Crippen molar-refractivity contribution in [1.29, 1.82) is 0 Å². The Bertz CT molecular complexity index is 504. The number of pyridine rings is 1. The van der Waals surface area contributed by atoms with E-state index in [1.165, 1.54) is 0 Å². The molecule has 2 heterocycles. The molecule has 19 heavy (non-hydrogen) atoms. The van der Waals surface area contributed by atoms with Crippen LogP contribution in [-0.4, -0.2) is 34.3 Å². The van der Waals surface area contributed by atoms with Gasteiger partial charge in [0.05, 0.1) is 6.54 Å². The van der Waals surface area contributed by atoms with Crippen LogP contribution >= 0.6 is 15.9 Å². The van der Waals surface area contributed by atoms with E-state index in [0.717, 1.165) is 10.0 Å². The molecule has 1 N–H and O–H groups in total. The normalized spacial score (nSPS) is 19.8. The molecule has 1 unspecified atom stereocenters. The molecule has 2 amide bonds. The van der Waals surface area contributed by atoms with Gasteiger partial charge in [-0.05, 0) is 33.5 Å². The van der Waals surface area contributed by atoms with Crippen molar-refractivity contribution >= 4 is 27.7 Å². The van der Waals surface area contributed by atoms with Crippen molar-refractivity contribution in [3.05, 3.63) is 28.5 Å². The van der Waals surface area contributed by atoms with Crippen LogP contribution in [0, 0.1) is 5.92 Å². The van der Waals surface area contributed by atoms with Gasteiger partial charge in [-0.25, -0.2) is 0 Å². The number of hydrogen-bond acceptors (Lipinski definition) is 3. The number of hydrogen-bond donors (Lipinski definition) is 1. The Morgan fingerprint density at radius 2 is 2.21 bits per heavy atom. The molecule has 1 aliphatic rings. The molecular weight excluding hydrogens is 310 g/mol. The first-order chi connectivity index (χ1) is 8.99. The molecule has 1 aliphatic heterocycles. The zero-order valence-electron chi connectivity index (χ0n) is 10.9. The number of rotatable bonds is 3. The maximum Gasteiger partial charge on any atom is 0.243 e. The molecule has 102 valence electrons. The van der Waals surface area contributed by atoms with Gasteiger partial charge in [0, 0.05) is 23.4 Å². The van der Waals surface area contributed by atoms with Gasteiger partial charge in [-0.2, -0.15) is 0 Å². The second-order valence-corrected chi connectivity index (χ2v) is 5.86. The molecule has 1 aromatic heterocycles. The first-order valence-corrected chi connectivity index (χ1v) is 6.95. The van der Waals surface area contributed by atoms with Crippen LogP contribution in [-0.2, 0) is 16.1 Å². The maximum absolute atomic E-state index is 12.0. The van der Waals surface area contributed by atoms with Crippen LogP contribution in [0.3, 0.4) is 0 Å². The highest BCUT2D eigenvalue weighted by molar-refractivity contribution is 9.10. The first kappa shape index (κ1) is 14.0. The molecule has 1 aromatic rings. The van der Waals surface area contributed by atoms with Crippen molar-refractivity contribution in [2.75, 3.05) is 6.54 Å². The molecular formula is C13H16BrN3O2. The summed E-state index contributed by atoms with van der Waals surface area (Å²) in [4.78, 5) is 29.7. The van der Waals surface area contributed by atoms with Gasteiger partial charge >= 0.3 is 0 Å². The van der Waals surface area contributed by atoms with Gasteiger partial charge in [-0.15, -0.1) is 0 Å². The highest BCUT2D eigenvalue weighted by atomic mass is 79.9. The molecule has 0 spiro atoms. The van der Waals surface area contributed by atoms with E-state index in [9.17, 15) is 9.59 Å². The summed E-state index contributed by atoms with van der Waals surface area (Å²) in [6, 6.07) is 1.49. The lowest BCUT2D eigenvalue weighted by molar-refractivity contribution is -0.148. The van der Waals surface area contributed by atoms with Crippen LogP contribution in [0.25, 0.3) is 0 Å². The van der Waals surface area contributed by atoms with E-state index in [2.05, 4.69) is 26.2 Å². The van der Waals surface area contributed by atoms with E-state index in [1.54, 1.807) is 17.3 Å². The van der Waals surface area contributed by atoms with E-state index >= 15 is 0 Å². The number of nitrogens with one attached hydrogen (secondary N) is 1. The molecule has 0 bridgehead atoms. The minimum atomic E-state index is -0.416. The van der Waals surface area contributed by atoms with E-state index in [0.29, 0.717) is 6.54 Å². The molecule has 1 saturated heterocycles. The molecule has 1 atom stereocenters. The van der Waals surface area contributed by atoms with Gasteiger partial charge in [0.25, 0.3) is 0 Å². The molecule has 0 aromatic carbocycles. The SMILES string of the molecule is CC(C)C1C(=O)NCC(=O)N1Cc1cncc(Br)c1. The van der Waals surface area contributed by atoms with Crippen molar-refractivity contribution < 1.29 is 9.59 Å². The van der Waals surface area contributed by atoms with Gasteiger partial charge in [-0.3, -0.25) is 14.6 Å². The Kier molecular flexibility index (Phi) is 4.19. The summed E-state index contributed by atoms with van der Waals surface area (Å²) < 4.78 is 0.861. The lowest BCUT2D eigenvalue weighted by Crippen LogP contribution is -2.59. The summed E-state index contributed by atoms with van der Waals surface area (Å²) in [5, 5.41) is 2.64. The Morgan fingerprint density at radius 1 is 1.47 bits per heavy atom. The minimum Gasteiger partial charge on any atom is -0.345 e. The quantitative estimate of drug-likeness (QED) is 0.911. The lowest BCUT2D eigenvalue weighted by Gasteiger charge is -2.37. The Balaban J connectivity index is 2.23. The van der Waals surface area contributed by atoms with Crippen LogP contribution in [0.15, 0.2) is 22.9 Å². The molecule has 0 radical (unpaired) electrons. The summed E-state index contributed by atoms with van der Waals surface area (Å²) in [5.41, 5.74) is 0.906. The standard InChI is InChI=1S/C13H16BrN3O2/c1-8(2)12-13(19)16-6-11(18)17(12)7-9-3-10(14)5-15-4-9/h3-5,8,12H,6-7H2,1-2H3,(H,16,19).